The van der Waals surface area contributed by atoms with E-state index in [9.17, 15) is 0 Å². The molecule has 0 radical (unpaired) electrons. The smallest absolute Gasteiger partial charge is 0.138 e. The topological polar surface area (TPSA) is 44.4 Å². The highest BCUT2D eigenvalue weighted by atomic mass is 16.5. The standard InChI is InChI=1S/C24H24N4O/c1-27-13-15-28(16-14-27)19-5-4-6-21(17-19)29-20-11-9-18(10-12-20)24-25-22-7-2-3-8-23(22)26-24/h2-12,17H,13-16H2,1H3,(H,25,26). The van der Waals surface area contributed by atoms with Gasteiger partial charge in [0.15, 0.2) is 0 Å². The molecule has 29 heavy (non-hydrogen) atoms. The second kappa shape index (κ2) is 7.60. The third-order valence-electron chi connectivity index (χ3n) is 5.44. The van der Waals surface area contributed by atoms with E-state index >= 15 is 0 Å². The molecular weight excluding hydrogens is 360 g/mol. The summed E-state index contributed by atoms with van der Waals surface area (Å²) < 4.78 is 6.11. The van der Waals surface area contributed by atoms with Crippen LogP contribution in [-0.2, 0) is 0 Å². The molecule has 1 fully saturated rings. The molecular formula is C24H24N4O. The molecule has 1 aromatic heterocycles. The SMILES string of the molecule is CN1CCN(c2cccc(Oc3ccc(-c4nc5ccccc5[nH]4)cc3)c2)CC1. The van der Waals surface area contributed by atoms with Crippen molar-refractivity contribution in [2.75, 3.05) is 38.1 Å². The van der Waals surface area contributed by atoms with Crippen LogP contribution in [0.2, 0.25) is 0 Å². The Balaban J connectivity index is 1.31. The van der Waals surface area contributed by atoms with Crippen LogP contribution in [0.3, 0.4) is 0 Å². The molecule has 4 aromatic rings. The number of rotatable bonds is 4. The molecule has 1 aliphatic rings. The molecule has 2 heterocycles. The summed E-state index contributed by atoms with van der Waals surface area (Å²) in [4.78, 5) is 12.8. The van der Waals surface area contributed by atoms with Crippen molar-refractivity contribution in [3.8, 4) is 22.9 Å². The summed E-state index contributed by atoms with van der Waals surface area (Å²) in [5.41, 5.74) is 4.28. The van der Waals surface area contributed by atoms with E-state index in [1.54, 1.807) is 0 Å². The lowest BCUT2D eigenvalue weighted by atomic mass is 10.2. The number of fused-ring (bicyclic) bond motifs is 1. The zero-order valence-electron chi connectivity index (χ0n) is 16.5. The van der Waals surface area contributed by atoms with Crippen molar-refractivity contribution in [3.63, 3.8) is 0 Å². The molecule has 0 spiro atoms. The summed E-state index contributed by atoms with van der Waals surface area (Å²) in [5.74, 6) is 2.55. The second-order valence-electron chi connectivity index (χ2n) is 7.52. The number of nitrogens with zero attached hydrogens (tertiary/aromatic N) is 3. The van der Waals surface area contributed by atoms with Crippen molar-refractivity contribution >= 4 is 16.7 Å². The average molecular weight is 384 g/mol. The molecule has 3 aromatic carbocycles. The van der Waals surface area contributed by atoms with Crippen molar-refractivity contribution in [3.05, 3.63) is 72.8 Å². The number of aromatic amines is 1. The van der Waals surface area contributed by atoms with Crippen LogP contribution in [0.1, 0.15) is 0 Å². The van der Waals surface area contributed by atoms with Crippen LogP contribution in [0.15, 0.2) is 72.8 Å². The molecule has 1 aliphatic heterocycles. The number of piperazine rings is 1. The molecule has 5 heteroatoms. The van der Waals surface area contributed by atoms with Gasteiger partial charge in [0, 0.05) is 43.5 Å². The van der Waals surface area contributed by atoms with Gasteiger partial charge in [-0.25, -0.2) is 4.98 Å². The first kappa shape index (κ1) is 17.8. The number of imidazole rings is 1. The zero-order valence-corrected chi connectivity index (χ0v) is 16.5. The summed E-state index contributed by atoms with van der Waals surface area (Å²) in [6.07, 6.45) is 0. The number of H-pyrrole nitrogens is 1. The Hall–Kier alpha value is -3.31. The maximum absolute atomic E-state index is 6.11. The van der Waals surface area contributed by atoms with Crippen LogP contribution in [0.25, 0.3) is 22.4 Å². The molecule has 5 nitrogen and oxygen atoms in total. The molecule has 5 rings (SSSR count). The van der Waals surface area contributed by atoms with Gasteiger partial charge in [-0.2, -0.15) is 0 Å². The minimum absolute atomic E-state index is 0.820. The average Bonchev–Trinajstić information content (AvgIpc) is 3.19. The van der Waals surface area contributed by atoms with Crippen LogP contribution in [0.5, 0.6) is 11.5 Å². The second-order valence-corrected chi connectivity index (χ2v) is 7.52. The number of hydrogen-bond acceptors (Lipinski definition) is 4. The first-order chi connectivity index (χ1) is 14.2. The fourth-order valence-corrected chi connectivity index (χ4v) is 3.71. The molecule has 0 atom stereocenters. The van der Waals surface area contributed by atoms with Gasteiger partial charge in [0.05, 0.1) is 11.0 Å². The number of anilines is 1. The van der Waals surface area contributed by atoms with E-state index in [1.165, 1.54) is 5.69 Å². The fraction of sp³-hybridized carbons (Fsp3) is 0.208. The molecule has 0 unspecified atom stereocenters. The highest BCUT2D eigenvalue weighted by molar-refractivity contribution is 5.79. The molecule has 146 valence electrons. The van der Waals surface area contributed by atoms with Crippen molar-refractivity contribution in [2.24, 2.45) is 0 Å². The van der Waals surface area contributed by atoms with Crippen molar-refractivity contribution in [1.29, 1.82) is 0 Å². The van der Waals surface area contributed by atoms with Gasteiger partial charge < -0.3 is 19.5 Å². The Morgan fingerprint density at radius 1 is 0.828 bits per heavy atom. The van der Waals surface area contributed by atoms with E-state index in [0.29, 0.717) is 0 Å². The normalized spacial score (nSPS) is 15.0. The van der Waals surface area contributed by atoms with Gasteiger partial charge in [-0.15, -0.1) is 0 Å². The van der Waals surface area contributed by atoms with Gasteiger partial charge in [0.25, 0.3) is 0 Å². The first-order valence-corrected chi connectivity index (χ1v) is 10.0. The van der Waals surface area contributed by atoms with E-state index in [0.717, 1.165) is 60.1 Å². The molecule has 0 amide bonds. The van der Waals surface area contributed by atoms with Crippen LogP contribution in [-0.4, -0.2) is 48.1 Å². The zero-order chi connectivity index (χ0) is 19.6. The monoisotopic (exact) mass is 384 g/mol. The van der Waals surface area contributed by atoms with E-state index in [2.05, 4.69) is 45.0 Å². The van der Waals surface area contributed by atoms with Crippen molar-refractivity contribution in [2.45, 2.75) is 0 Å². The lowest BCUT2D eigenvalue weighted by molar-refractivity contribution is 0.313. The predicted molar refractivity (Wildman–Crippen MR) is 118 cm³/mol. The number of ether oxygens (including phenoxy) is 1. The molecule has 0 aliphatic carbocycles. The summed E-state index contributed by atoms with van der Waals surface area (Å²) in [7, 11) is 2.17. The fourth-order valence-electron chi connectivity index (χ4n) is 3.71. The Morgan fingerprint density at radius 2 is 1.62 bits per heavy atom. The number of nitrogens with one attached hydrogen (secondary N) is 1. The number of aromatic nitrogens is 2. The quantitative estimate of drug-likeness (QED) is 0.550. The molecule has 0 saturated carbocycles. The Kier molecular flexibility index (Phi) is 4.66. The first-order valence-electron chi connectivity index (χ1n) is 10.0. The third kappa shape index (κ3) is 3.82. The minimum atomic E-state index is 0.820. The number of para-hydroxylation sites is 2. The summed E-state index contributed by atoms with van der Waals surface area (Å²) in [6.45, 7) is 4.28. The predicted octanol–water partition coefficient (Wildman–Crippen LogP) is 4.77. The Bertz CT molecular complexity index is 1080. The molecule has 1 saturated heterocycles. The van der Waals surface area contributed by atoms with Gasteiger partial charge in [0.2, 0.25) is 0 Å². The van der Waals surface area contributed by atoms with Gasteiger partial charge >= 0.3 is 0 Å². The largest absolute Gasteiger partial charge is 0.457 e. The minimum Gasteiger partial charge on any atom is -0.457 e. The number of likely N-dealkylation sites (N-methyl/N-ethyl adjacent to an activating group) is 1. The van der Waals surface area contributed by atoms with E-state index in [4.69, 9.17) is 4.74 Å². The summed E-state index contributed by atoms with van der Waals surface area (Å²) >= 11 is 0. The highest BCUT2D eigenvalue weighted by Crippen LogP contribution is 2.28. The van der Waals surface area contributed by atoms with Crippen molar-refractivity contribution in [1.82, 2.24) is 14.9 Å². The number of benzene rings is 3. The van der Waals surface area contributed by atoms with Crippen LogP contribution >= 0.6 is 0 Å². The lowest BCUT2D eigenvalue weighted by Gasteiger charge is -2.34. The maximum atomic E-state index is 6.11. The Morgan fingerprint density at radius 3 is 2.41 bits per heavy atom. The summed E-state index contributed by atoms with van der Waals surface area (Å²) in [5, 5.41) is 0. The molecule has 0 bridgehead atoms. The van der Waals surface area contributed by atoms with E-state index < -0.39 is 0 Å². The summed E-state index contributed by atoms with van der Waals surface area (Å²) in [6, 6.07) is 24.5. The maximum Gasteiger partial charge on any atom is 0.138 e. The van der Waals surface area contributed by atoms with Crippen LogP contribution < -0.4 is 9.64 Å². The van der Waals surface area contributed by atoms with Gasteiger partial charge in [-0.3, -0.25) is 0 Å². The van der Waals surface area contributed by atoms with Gasteiger partial charge in [-0.05, 0) is 55.6 Å². The van der Waals surface area contributed by atoms with Gasteiger partial charge in [0.1, 0.15) is 17.3 Å². The number of hydrogen-bond donors (Lipinski definition) is 1. The lowest BCUT2D eigenvalue weighted by Crippen LogP contribution is -2.44. The van der Waals surface area contributed by atoms with E-state index in [1.807, 2.05) is 54.6 Å². The van der Waals surface area contributed by atoms with Gasteiger partial charge in [-0.1, -0.05) is 18.2 Å². The van der Waals surface area contributed by atoms with Crippen LogP contribution in [0, 0.1) is 0 Å². The molecule has 1 N–H and O–H groups in total. The highest BCUT2D eigenvalue weighted by Gasteiger charge is 2.14. The Labute approximate surface area is 170 Å². The van der Waals surface area contributed by atoms with Crippen molar-refractivity contribution < 1.29 is 4.74 Å². The van der Waals surface area contributed by atoms with Crippen LogP contribution in [0.4, 0.5) is 5.69 Å². The third-order valence-corrected chi connectivity index (χ3v) is 5.44. The van der Waals surface area contributed by atoms with E-state index in [-0.39, 0.29) is 0 Å².